The first-order valence-electron chi connectivity index (χ1n) is 8.21. The summed E-state index contributed by atoms with van der Waals surface area (Å²) >= 11 is 0. The Morgan fingerprint density at radius 2 is 1.92 bits per heavy atom. The van der Waals surface area contributed by atoms with Gasteiger partial charge in [0.2, 0.25) is 15.9 Å². The Kier molecular flexibility index (Phi) is 4.82. The van der Waals surface area contributed by atoms with Crippen LogP contribution in [0.25, 0.3) is 0 Å². The summed E-state index contributed by atoms with van der Waals surface area (Å²) in [5, 5.41) is 7.00. The maximum absolute atomic E-state index is 12.5. The maximum Gasteiger partial charge on any atom is 0.267 e. The summed E-state index contributed by atoms with van der Waals surface area (Å²) in [7, 11) is -3.41. The number of rotatable bonds is 6. The molecule has 1 unspecified atom stereocenters. The number of sulfonamides is 1. The smallest absolute Gasteiger partial charge is 0.267 e. The van der Waals surface area contributed by atoms with E-state index in [0.717, 1.165) is 24.8 Å². The van der Waals surface area contributed by atoms with Gasteiger partial charge in [-0.05, 0) is 44.0 Å². The molecule has 1 heterocycles. The fraction of sp³-hybridized carbons (Fsp3) is 0.353. The molecular weight excluding hydrogens is 356 g/mol. The first kappa shape index (κ1) is 18.1. The van der Waals surface area contributed by atoms with E-state index in [-0.39, 0.29) is 5.56 Å². The molecule has 1 aromatic heterocycles. The topological polar surface area (TPSA) is 110 Å². The highest BCUT2D eigenvalue weighted by Gasteiger charge is 2.27. The van der Waals surface area contributed by atoms with Crippen LogP contribution in [-0.2, 0) is 14.8 Å². The lowest BCUT2D eigenvalue weighted by Crippen LogP contribution is -2.33. The zero-order valence-corrected chi connectivity index (χ0v) is 15.3. The summed E-state index contributed by atoms with van der Waals surface area (Å²) < 4.78 is 26.2. The van der Waals surface area contributed by atoms with Gasteiger partial charge in [0.1, 0.15) is 6.04 Å². The van der Waals surface area contributed by atoms with Gasteiger partial charge in [-0.2, -0.15) is 5.10 Å². The number of benzene rings is 1. The average molecular weight is 376 g/mol. The molecule has 1 saturated carbocycles. The van der Waals surface area contributed by atoms with Crippen molar-refractivity contribution in [2.45, 2.75) is 31.7 Å². The lowest BCUT2D eigenvalue weighted by atomic mass is 10.2. The summed E-state index contributed by atoms with van der Waals surface area (Å²) in [6.45, 7) is 1.60. The van der Waals surface area contributed by atoms with Crippen LogP contribution in [0.2, 0.25) is 0 Å². The van der Waals surface area contributed by atoms with Gasteiger partial charge in [0.05, 0.1) is 17.6 Å². The molecule has 26 heavy (non-hydrogen) atoms. The molecule has 0 radical (unpaired) electrons. The Bertz CT molecular complexity index is 996. The number of nitrogens with one attached hydrogen (secondary N) is 2. The SMILES string of the molecule is CC(C(=O)Nc1cccc(NS(C)(=O)=O)c1)n1nc(C2CC2)ccc1=O. The molecule has 2 aromatic rings. The van der Waals surface area contributed by atoms with Gasteiger partial charge in [-0.1, -0.05) is 6.07 Å². The van der Waals surface area contributed by atoms with E-state index in [1.54, 1.807) is 31.2 Å². The summed E-state index contributed by atoms with van der Waals surface area (Å²) in [5.41, 5.74) is 1.24. The van der Waals surface area contributed by atoms with Crippen LogP contribution in [0.3, 0.4) is 0 Å². The first-order valence-corrected chi connectivity index (χ1v) is 10.1. The van der Waals surface area contributed by atoms with Crippen LogP contribution in [0, 0.1) is 0 Å². The minimum atomic E-state index is -3.41. The second-order valence-corrected chi connectivity index (χ2v) is 8.18. The minimum absolute atomic E-state index is 0.337. The molecule has 8 nitrogen and oxygen atoms in total. The molecule has 2 N–H and O–H groups in total. The molecule has 1 amide bonds. The van der Waals surface area contributed by atoms with Crippen LogP contribution < -0.4 is 15.6 Å². The molecule has 1 aliphatic rings. The number of carbonyl (C=O) groups excluding carboxylic acids is 1. The first-order chi connectivity index (χ1) is 12.2. The van der Waals surface area contributed by atoms with Crippen molar-refractivity contribution in [3.05, 3.63) is 52.4 Å². The Morgan fingerprint density at radius 3 is 2.58 bits per heavy atom. The van der Waals surface area contributed by atoms with Crippen LogP contribution in [0.1, 0.15) is 37.4 Å². The number of hydrogen-bond acceptors (Lipinski definition) is 5. The van der Waals surface area contributed by atoms with Gasteiger partial charge in [-0.15, -0.1) is 0 Å². The van der Waals surface area contributed by atoms with E-state index in [0.29, 0.717) is 17.3 Å². The van der Waals surface area contributed by atoms with Gasteiger partial charge in [0.25, 0.3) is 5.56 Å². The van der Waals surface area contributed by atoms with Crippen molar-refractivity contribution in [1.82, 2.24) is 9.78 Å². The van der Waals surface area contributed by atoms with Crippen molar-refractivity contribution in [3.63, 3.8) is 0 Å². The van der Waals surface area contributed by atoms with Gasteiger partial charge >= 0.3 is 0 Å². The van der Waals surface area contributed by atoms with Crippen molar-refractivity contribution in [2.24, 2.45) is 0 Å². The van der Waals surface area contributed by atoms with Gasteiger partial charge in [0.15, 0.2) is 0 Å². The van der Waals surface area contributed by atoms with Gasteiger partial charge in [-0.25, -0.2) is 13.1 Å². The third-order valence-corrected chi connectivity index (χ3v) is 4.63. The number of carbonyl (C=O) groups is 1. The molecule has 9 heteroatoms. The average Bonchev–Trinajstić information content (AvgIpc) is 3.38. The Labute approximate surface area is 151 Å². The third kappa shape index (κ3) is 4.48. The summed E-state index contributed by atoms with van der Waals surface area (Å²) in [6, 6.07) is 8.67. The Balaban J connectivity index is 1.77. The Morgan fingerprint density at radius 1 is 1.23 bits per heavy atom. The number of hydrogen-bond donors (Lipinski definition) is 2. The lowest BCUT2D eigenvalue weighted by molar-refractivity contribution is -0.119. The fourth-order valence-electron chi connectivity index (χ4n) is 2.55. The monoisotopic (exact) mass is 376 g/mol. The Hall–Kier alpha value is -2.68. The highest BCUT2D eigenvalue weighted by molar-refractivity contribution is 7.92. The number of amides is 1. The van der Waals surface area contributed by atoms with Gasteiger partial charge in [-0.3, -0.25) is 14.3 Å². The zero-order chi connectivity index (χ0) is 18.9. The molecule has 138 valence electrons. The predicted octanol–water partition coefficient (Wildman–Crippen LogP) is 1.69. The minimum Gasteiger partial charge on any atom is -0.324 e. The van der Waals surface area contributed by atoms with Gasteiger partial charge in [0, 0.05) is 17.7 Å². The van der Waals surface area contributed by atoms with E-state index < -0.39 is 22.0 Å². The molecule has 1 fully saturated rings. The van der Waals surface area contributed by atoms with E-state index in [1.807, 2.05) is 0 Å². The second-order valence-electron chi connectivity index (χ2n) is 6.44. The van der Waals surface area contributed by atoms with E-state index in [1.165, 1.54) is 16.8 Å². The van der Waals surface area contributed by atoms with Crippen molar-refractivity contribution in [2.75, 3.05) is 16.3 Å². The predicted molar refractivity (Wildman–Crippen MR) is 98.7 cm³/mol. The van der Waals surface area contributed by atoms with Crippen molar-refractivity contribution in [1.29, 1.82) is 0 Å². The largest absolute Gasteiger partial charge is 0.324 e. The van der Waals surface area contributed by atoms with E-state index in [2.05, 4.69) is 15.1 Å². The van der Waals surface area contributed by atoms with E-state index in [4.69, 9.17) is 0 Å². The van der Waals surface area contributed by atoms with Crippen LogP contribution in [0.15, 0.2) is 41.2 Å². The van der Waals surface area contributed by atoms with Crippen LogP contribution in [0.4, 0.5) is 11.4 Å². The van der Waals surface area contributed by atoms with Crippen LogP contribution in [-0.4, -0.2) is 30.4 Å². The second kappa shape index (κ2) is 6.91. The molecule has 0 spiro atoms. The number of nitrogens with zero attached hydrogens (tertiary/aromatic N) is 2. The molecule has 0 aliphatic heterocycles. The normalized spacial score (nSPS) is 15.3. The van der Waals surface area contributed by atoms with Gasteiger partial charge < -0.3 is 5.32 Å². The fourth-order valence-corrected chi connectivity index (χ4v) is 3.10. The summed E-state index contributed by atoms with van der Waals surface area (Å²) in [5.74, 6) is -0.0417. The van der Waals surface area contributed by atoms with E-state index in [9.17, 15) is 18.0 Å². The molecule has 1 atom stereocenters. The van der Waals surface area contributed by atoms with Crippen molar-refractivity contribution in [3.8, 4) is 0 Å². The zero-order valence-electron chi connectivity index (χ0n) is 14.5. The quantitative estimate of drug-likeness (QED) is 0.797. The highest BCUT2D eigenvalue weighted by atomic mass is 32.2. The van der Waals surface area contributed by atoms with Crippen molar-refractivity contribution < 1.29 is 13.2 Å². The molecular formula is C17H20N4O4S. The number of aromatic nitrogens is 2. The third-order valence-electron chi connectivity index (χ3n) is 4.02. The highest BCUT2D eigenvalue weighted by Crippen LogP contribution is 2.38. The standard InChI is InChI=1S/C17H20N4O4S/c1-11(21-16(22)9-8-15(19-21)12-6-7-12)17(23)18-13-4-3-5-14(10-13)20-26(2,24)25/h3-5,8-12,20H,6-7H2,1-2H3,(H,18,23). The molecule has 0 bridgehead atoms. The molecule has 0 saturated heterocycles. The summed E-state index contributed by atoms with van der Waals surface area (Å²) in [4.78, 5) is 24.6. The van der Waals surface area contributed by atoms with E-state index >= 15 is 0 Å². The van der Waals surface area contributed by atoms with Crippen LogP contribution in [0.5, 0.6) is 0 Å². The molecule has 1 aliphatic carbocycles. The van der Waals surface area contributed by atoms with Crippen molar-refractivity contribution >= 4 is 27.3 Å². The maximum atomic E-state index is 12.5. The number of anilines is 2. The lowest BCUT2D eigenvalue weighted by Gasteiger charge is -2.15. The summed E-state index contributed by atoms with van der Waals surface area (Å²) in [6.07, 6.45) is 3.14. The molecule has 3 rings (SSSR count). The molecule has 1 aromatic carbocycles. The van der Waals surface area contributed by atoms with Crippen LogP contribution >= 0.6 is 0 Å².